The zero-order chi connectivity index (χ0) is 24.2. The van der Waals surface area contributed by atoms with Crippen molar-refractivity contribution in [2.75, 3.05) is 19.9 Å². The maximum absolute atomic E-state index is 12.1. The zero-order valence-corrected chi connectivity index (χ0v) is 19.7. The number of carbonyl (C=O) groups is 1. The Hall–Kier alpha value is -3.71. The lowest BCUT2D eigenvalue weighted by molar-refractivity contribution is -0.142. The van der Waals surface area contributed by atoms with Crippen molar-refractivity contribution in [1.82, 2.24) is 4.90 Å². The molecular weight excluding hydrogens is 446 g/mol. The number of nitrogens with zero attached hydrogens (tertiary/aromatic N) is 1. The summed E-state index contributed by atoms with van der Waals surface area (Å²) in [5.74, 6) is 1.86. The third-order valence-corrected chi connectivity index (χ3v) is 6.44. The highest BCUT2D eigenvalue weighted by Gasteiger charge is 2.37. The Morgan fingerprint density at radius 2 is 1.77 bits per heavy atom. The summed E-state index contributed by atoms with van der Waals surface area (Å²) in [6.45, 7) is 3.73. The summed E-state index contributed by atoms with van der Waals surface area (Å²) in [6.07, 6.45) is 1.45. The number of ether oxygens (including phenoxy) is 4. The molecule has 0 bridgehead atoms. The number of likely N-dealkylation sites (tertiary alicyclic amines) is 1. The Morgan fingerprint density at radius 3 is 2.57 bits per heavy atom. The second-order valence-corrected chi connectivity index (χ2v) is 8.66. The minimum absolute atomic E-state index is 0.187. The Kier molecular flexibility index (Phi) is 6.77. The fourth-order valence-electron chi connectivity index (χ4n) is 4.84. The van der Waals surface area contributed by atoms with E-state index in [1.165, 1.54) is 0 Å². The third-order valence-electron chi connectivity index (χ3n) is 6.44. The van der Waals surface area contributed by atoms with Gasteiger partial charge in [-0.1, -0.05) is 42.5 Å². The van der Waals surface area contributed by atoms with E-state index in [2.05, 4.69) is 4.90 Å². The molecule has 3 aromatic rings. The molecule has 0 aromatic heterocycles. The van der Waals surface area contributed by atoms with Gasteiger partial charge in [0.2, 0.25) is 6.79 Å². The molecule has 7 nitrogen and oxygen atoms in total. The molecule has 2 aliphatic heterocycles. The minimum Gasteiger partial charge on any atom is -0.490 e. The van der Waals surface area contributed by atoms with Crippen molar-refractivity contribution in [1.29, 1.82) is 0 Å². The molecule has 1 N–H and O–H groups in total. The van der Waals surface area contributed by atoms with E-state index in [0.717, 1.165) is 23.1 Å². The highest BCUT2D eigenvalue weighted by molar-refractivity contribution is 5.74. The van der Waals surface area contributed by atoms with E-state index in [4.69, 9.17) is 18.9 Å². The van der Waals surface area contributed by atoms with Gasteiger partial charge in [-0.2, -0.15) is 0 Å². The maximum Gasteiger partial charge on any atom is 0.320 e. The molecule has 3 aromatic carbocycles. The van der Waals surface area contributed by atoms with Crippen molar-refractivity contribution in [2.24, 2.45) is 0 Å². The van der Waals surface area contributed by atoms with Crippen molar-refractivity contribution >= 4 is 5.97 Å². The van der Waals surface area contributed by atoms with Crippen LogP contribution in [0.25, 0.3) is 0 Å². The van der Waals surface area contributed by atoms with E-state index >= 15 is 0 Å². The summed E-state index contributed by atoms with van der Waals surface area (Å²) in [4.78, 5) is 14.1. The Labute approximate surface area is 204 Å². The molecule has 1 saturated heterocycles. The van der Waals surface area contributed by atoms with E-state index in [1.807, 2.05) is 73.7 Å². The number of carboxylic acids is 1. The van der Waals surface area contributed by atoms with Crippen molar-refractivity contribution in [3.05, 3.63) is 83.4 Å². The monoisotopic (exact) mass is 475 g/mol. The molecule has 2 aliphatic rings. The zero-order valence-electron chi connectivity index (χ0n) is 19.7. The third kappa shape index (κ3) is 4.91. The van der Waals surface area contributed by atoms with Gasteiger partial charge in [0.05, 0.1) is 12.6 Å². The van der Waals surface area contributed by atoms with Crippen LogP contribution in [0, 0.1) is 0 Å². The first-order chi connectivity index (χ1) is 17.1. The normalized spacial score (nSPS) is 17.8. The maximum atomic E-state index is 12.1. The molecular formula is C28H29NO6. The molecule has 0 aliphatic carbocycles. The van der Waals surface area contributed by atoms with Crippen LogP contribution >= 0.6 is 0 Å². The smallest absolute Gasteiger partial charge is 0.320 e. The number of hydrogen-bond donors (Lipinski definition) is 1. The van der Waals surface area contributed by atoms with Gasteiger partial charge >= 0.3 is 5.97 Å². The topological polar surface area (TPSA) is 77.5 Å². The van der Waals surface area contributed by atoms with Gasteiger partial charge in [-0.25, -0.2) is 0 Å². The van der Waals surface area contributed by atoms with Crippen molar-refractivity contribution in [3.63, 3.8) is 0 Å². The first-order valence-corrected chi connectivity index (χ1v) is 12.0. The fourth-order valence-corrected chi connectivity index (χ4v) is 4.84. The Balaban J connectivity index is 1.51. The predicted octanol–water partition coefficient (Wildman–Crippen LogP) is 5.03. The van der Waals surface area contributed by atoms with Crippen LogP contribution in [0.4, 0.5) is 0 Å². The van der Waals surface area contributed by atoms with Crippen LogP contribution in [0.1, 0.15) is 42.5 Å². The quantitative estimate of drug-likeness (QED) is 0.465. The van der Waals surface area contributed by atoms with E-state index in [-0.39, 0.29) is 12.8 Å². The molecule has 5 rings (SSSR count). The lowest BCUT2D eigenvalue weighted by atomic mass is 9.95. The van der Waals surface area contributed by atoms with Gasteiger partial charge in [-0.05, 0) is 60.7 Å². The number of carboxylic acid groups (broad SMARTS) is 1. The van der Waals surface area contributed by atoms with Crippen molar-refractivity contribution in [2.45, 2.75) is 38.5 Å². The van der Waals surface area contributed by atoms with E-state index < -0.39 is 12.0 Å². The Morgan fingerprint density at radius 1 is 1.00 bits per heavy atom. The van der Waals surface area contributed by atoms with E-state index in [0.29, 0.717) is 49.2 Å². The standard InChI is InChI=1S/C28H29NO6/c1-2-32-25-15-20(10-12-23(25)33-17-19-7-4-3-5-8-19)27(29-14-6-9-22(29)28(30)31)21-11-13-24-26(16-21)35-18-34-24/h3-5,7-8,10-13,15-16,22,27H,2,6,9,14,17-18H2,1H3,(H,30,31). The van der Waals surface area contributed by atoms with E-state index in [1.54, 1.807) is 0 Å². The molecule has 0 saturated carbocycles. The van der Waals surface area contributed by atoms with E-state index in [9.17, 15) is 9.90 Å². The molecule has 0 spiro atoms. The number of benzene rings is 3. The van der Waals surface area contributed by atoms with Gasteiger partial charge < -0.3 is 24.1 Å². The lowest BCUT2D eigenvalue weighted by Gasteiger charge is -2.32. The molecule has 1 fully saturated rings. The van der Waals surface area contributed by atoms with Crippen molar-refractivity contribution < 1.29 is 28.8 Å². The van der Waals surface area contributed by atoms with Crippen LogP contribution in [0.15, 0.2) is 66.7 Å². The number of fused-ring (bicyclic) bond motifs is 1. The summed E-state index contributed by atoms with van der Waals surface area (Å²) in [6, 6.07) is 20.8. The Bertz CT molecular complexity index is 1180. The van der Waals surface area contributed by atoms with Gasteiger partial charge in [-0.3, -0.25) is 9.69 Å². The SMILES string of the molecule is CCOc1cc(C(c2ccc3c(c2)OCO3)N2CCCC2C(=O)O)ccc1OCc1ccccc1. The average Bonchev–Trinajstić information content (AvgIpc) is 3.54. The van der Waals surface area contributed by atoms with Crippen LogP contribution in [0.5, 0.6) is 23.0 Å². The molecule has 0 radical (unpaired) electrons. The van der Waals surface area contributed by atoms with Crippen LogP contribution in [-0.2, 0) is 11.4 Å². The van der Waals surface area contributed by atoms with Crippen LogP contribution < -0.4 is 18.9 Å². The first kappa shape index (κ1) is 23.1. The second-order valence-electron chi connectivity index (χ2n) is 8.66. The van der Waals surface area contributed by atoms with Gasteiger partial charge in [0, 0.05) is 6.54 Å². The first-order valence-electron chi connectivity index (χ1n) is 12.0. The summed E-state index contributed by atoms with van der Waals surface area (Å²) in [5, 5.41) is 9.91. The van der Waals surface area contributed by atoms with Crippen molar-refractivity contribution in [3.8, 4) is 23.0 Å². The van der Waals surface area contributed by atoms with Crippen LogP contribution in [0.3, 0.4) is 0 Å². The molecule has 182 valence electrons. The second kappa shape index (κ2) is 10.3. The predicted molar refractivity (Wildman–Crippen MR) is 130 cm³/mol. The van der Waals surface area contributed by atoms with Gasteiger partial charge in [0.1, 0.15) is 12.6 Å². The molecule has 0 amide bonds. The number of hydrogen-bond acceptors (Lipinski definition) is 6. The molecule has 2 heterocycles. The average molecular weight is 476 g/mol. The minimum atomic E-state index is -0.805. The molecule has 7 heteroatoms. The van der Waals surface area contributed by atoms with Gasteiger partial charge in [0.15, 0.2) is 23.0 Å². The highest BCUT2D eigenvalue weighted by Crippen LogP contribution is 2.42. The largest absolute Gasteiger partial charge is 0.490 e. The lowest BCUT2D eigenvalue weighted by Crippen LogP contribution is -2.39. The van der Waals surface area contributed by atoms with Crippen LogP contribution in [0.2, 0.25) is 0 Å². The summed E-state index contributed by atoms with van der Waals surface area (Å²) in [5.41, 5.74) is 2.95. The summed E-state index contributed by atoms with van der Waals surface area (Å²) >= 11 is 0. The number of rotatable bonds is 9. The van der Waals surface area contributed by atoms with Gasteiger partial charge in [-0.15, -0.1) is 0 Å². The summed E-state index contributed by atoms with van der Waals surface area (Å²) in [7, 11) is 0. The summed E-state index contributed by atoms with van der Waals surface area (Å²) < 4.78 is 23.2. The number of aliphatic carboxylic acids is 1. The molecule has 2 unspecified atom stereocenters. The fraction of sp³-hybridized carbons (Fsp3) is 0.321. The van der Waals surface area contributed by atoms with Gasteiger partial charge in [0.25, 0.3) is 0 Å². The highest BCUT2D eigenvalue weighted by atomic mass is 16.7. The molecule has 35 heavy (non-hydrogen) atoms. The van der Waals surface area contributed by atoms with Crippen LogP contribution in [-0.4, -0.2) is 42.0 Å². The molecule has 2 atom stereocenters.